The van der Waals surface area contributed by atoms with E-state index < -0.39 is 7.12 Å². The number of carbonyl (C=O) groups excluding carboxylic acids is 1. The second kappa shape index (κ2) is 8.89. The van der Waals surface area contributed by atoms with Crippen molar-refractivity contribution in [2.45, 2.75) is 51.9 Å². The fourth-order valence-corrected chi connectivity index (χ4v) is 2.05. The SMILES string of the molecule is CCCCCCCCC(=O)c1ccc(B(O)O)cc1. The van der Waals surface area contributed by atoms with Crippen LogP contribution in [0.25, 0.3) is 0 Å². The topological polar surface area (TPSA) is 57.5 Å². The summed E-state index contributed by atoms with van der Waals surface area (Å²) in [5.41, 5.74) is 1.06. The Bertz CT molecular complexity index is 373. The number of ketones is 1. The second-order valence-corrected chi connectivity index (χ2v) is 4.94. The van der Waals surface area contributed by atoms with Gasteiger partial charge in [-0.25, -0.2) is 0 Å². The Kier molecular flexibility index (Phi) is 7.45. The minimum absolute atomic E-state index is 0.134. The summed E-state index contributed by atoms with van der Waals surface area (Å²) in [6, 6.07) is 6.49. The monoisotopic (exact) mass is 262 g/mol. The van der Waals surface area contributed by atoms with E-state index in [0.29, 0.717) is 17.4 Å². The van der Waals surface area contributed by atoms with Crippen molar-refractivity contribution in [3.05, 3.63) is 29.8 Å². The smallest absolute Gasteiger partial charge is 0.423 e. The van der Waals surface area contributed by atoms with Crippen LogP contribution in [0, 0.1) is 0 Å². The van der Waals surface area contributed by atoms with E-state index in [0.717, 1.165) is 12.8 Å². The standard InChI is InChI=1S/C15H23BO3/c1-2-3-4-5-6-7-8-15(17)13-9-11-14(12-10-13)16(18)19/h9-12,18-19H,2-8H2,1H3. The third-order valence-electron chi connectivity index (χ3n) is 3.29. The van der Waals surface area contributed by atoms with Crippen molar-refractivity contribution < 1.29 is 14.8 Å². The number of benzene rings is 1. The average Bonchev–Trinajstić information content (AvgIpc) is 2.42. The minimum Gasteiger partial charge on any atom is -0.423 e. The normalized spacial score (nSPS) is 10.5. The lowest BCUT2D eigenvalue weighted by Crippen LogP contribution is -2.29. The van der Waals surface area contributed by atoms with Crippen LogP contribution in [-0.4, -0.2) is 22.9 Å². The maximum atomic E-state index is 11.9. The summed E-state index contributed by atoms with van der Waals surface area (Å²) >= 11 is 0. The summed E-state index contributed by atoms with van der Waals surface area (Å²) in [7, 11) is -1.47. The van der Waals surface area contributed by atoms with E-state index in [1.807, 2.05) is 0 Å². The van der Waals surface area contributed by atoms with Crippen LogP contribution in [0.15, 0.2) is 24.3 Å². The molecule has 0 aliphatic carbocycles. The van der Waals surface area contributed by atoms with Gasteiger partial charge in [0.1, 0.15) is 0 Å². The molecule has 3 nitrogen and oxygen atoms in total. The van der Waals surface area contributed by atoms with Gasteiger partial charge in [0.2, 0.25) is 0 Å². The number of hydrogen-bond donors (Lipinski definition) is 2. The molecule has 0 atom stereocenters. The van der Waals surface area contributed by atoms with Crippen molar-refractivity contribution in [2.24, 2.45) is 0 Å². The highest BCUT2D eigenvalue weighted by molar-refractivity contribution is 6.58. The fourth-order valence-electron chi connectivity index (χ4n) is 2.05. The van der Waals surface area contributed by atoms with Gasteiger partial charge < -0.3 is 10.0 Å². The quantitative estimate of drug-likeness (QED) is 0.408. The van der Waals surface area contributed by atoms with Crippen molar-refractivity contribution in [1.29, 1.82) is 0 Å². The summed E-state index contributed by atoms with van der Waals surface area (Å²) < 4.78 is 0. The summed E-state index contributed by atoms with van der Waals surface area (Å²) in [4.78, 5) is 11.9. The number of Topliss-reactive ketones (excluding diaryl/α,β-unsaturated/α-hetero) is 1. The fraction of sp³-hybridized carbons (Fsp3) is 0.533. The molecule has 0 fully saturated rings. The van der Waals surface area contributed by atoms with Crippen molar-refractivity contribution in [3.63, 3.8) is 0 Å². The number of rotatable bonds is 9. The van der Waals surface area contributed by atoms with Gasteiger partial charge in [-0.15, -0.1) is 0 Å². The van der Waals surface area contributed by atoms with E-state index in [-0.39, 0.29) is 5.78 Å². The summed E-state index contributed by atoms with van der Waals surface area (Å²) in [5, 5.41) is 17.9. The molecule has 1 aromatic rings. The third kappa shape index (κ3) is 6.03. The maximum absolute atomic E-state index is 11.9. The third-order valence-corrected chi connectivity index (χ3v) is 3.29. The molecule has 0 saturated carbocycles. The highest BCUT2D eigenvalue weighted by atomic mass is 16.4. The van der Waals surface area contributed by atoms with E-state index in [4.69, 9.17) is 10.0 Å². The van der Waals surface area contributed by atoms with Gasteiger partial charge in [-0.2, -0.15) is 0 Å². The van der Waals surface area contributed by atoms with Gasteiger partial charge in [-0.1, -0.05) is 63.3 Å². The van der Waals surface area contributed by atoms with Crippen molar-refractivity contribution in [2.75, 3.05) is 0 Å². The molecule has 0 spiro atoms. The molecular weight excluding hydrogens is 239 g/mol. The molecule has 0 saturated heterocycles. The van der Waals surface area contributed by atoms with Crippen LogP contribution in [-0.2, 0) is 0 Å². The zero-order valence-corrected chi connectivity index (χ0v) is 11.6. The van der Waals surface area contributed by atoms with Crippen LogP contribution in [0.1, 0.15) is 62.2 Å². The van der Waals surface area contributed by atoms with Crippen LogP contribution < -0.4 is 5.46 Å². The Balaban J connectivity index is 2.29. The maximum Gasteiger partial charge on any atom is 0.488 e. The zero-order valence-electron chi connectivity index (χ0n) is 11.6. The molecule has 19 heavy (non-hydrogen) atoms. The Morgan fingerprint density at radius 1 is 1.00 bits per heavy atom. The molecule has 1 rings (SSSR count). The zero-order chi connectivity index (χ0) is 14.1. The first-order valence-corrected chi connectivity index (χ1v) is 7.14. The first-order valence-electron chi connectivity index (χ1n) is 7.14. The Morgan fingerprint density at radius 3 is 2.16 bits per heavy atom. The molecule has 104 valence electrons. The van der Waals surface area contributed by atoms with Gasteiger partial charge >= 0.3 is 7.12 Å². The number of hydrogen-bond acceptors (Lipinski definition) is 3. The van der Waals surface area contributed by atoms with Gasteiger partial charge in [0.25, 0.3) is 0 Å². The van der Waals surface area contributed by atoms with E-state index >= 15 is 0 Å². The first-order chi connectivity index (χ1) is 9.15. The molecule has 0 radical (unpaired) electrons. The summed E-state index contributed by atoms with van der Waals surface area (Å²) in [6.45, 7) is 2.19. The van der Waals surface area contributed by atoms with Crippen molar-refractivity contribution in [3.8, 4) is 0 Å². The molecular formula is C15H23BO3. The van der Waals surface area contributed by atoms with Crippen molar-refractivity contribution >= 4 is 18.4 Å². The minimum atomic E-state index is -1.47. The van der Waals surface area contributed by atoms with Crippen LogP contribution in [0.5, 0.6) is 0 Å². The van der Waals surface area contributed by atoms with E-state index in [9.17, 15) is 4.79 Å². The molecule has 0 amide bonds. The molecule has 0 aliphatic heterocycles. The van der Waals surface area contributed by atoms with Crippen LogP contribution in [0.3, 0.4) is 0 Å². The average molecular weight is 262 g/mol. The molecule has 1 aromatic carbocycles. The lowest BCUT2D eigenvalue weighted by molar-refractivity contribution is 0.0979. The largest absolute Gasteiger partial charge is 0.488 e. The van der Waals surface area contributed by atoms with E-state index in [1.165, 1.54) is 25.7 Å². The molecule has 0 unspecified atom stereocenters. The second-order valence-electron chi connectivity index (χ2n) is 4.94. The Hall–Kier alpha value is -1.13. The van der Waals surface area contributed by atoms with Gasteiger partial charge in [0, 0.05) is 12.0 Å². The van der Waals surface area contributed by atoms with Gasteiger partial charge in [0.15, 0.2) is 5.78 Å². The predicted octanol–water partition coefficient (Wildman–Crippen LogP) is 2.30. The molecule has 0 aliphatic rings. The molecule has 0 heterocycles. The highest BCUT2D eigenvalue weighted by Crippen LogP contribution is 2.10. The van der Waals surface area contributed by atoms with Gasteiger partial charge in [0.05, 0.1) is 0 Å². The Labute approximate surface area is 115 Å². The van der Waals surface area contributed by atoms with Crippen LogP contribution >= 0.6 is 0 Å². The molecule has 4 heteroatoms. The lowest BCUT2D eigenvalue weighted by Gasteiger charge is -2.03. The highest BCUT2D eigenvalue weighted by Gasteiger charge is 2.11. The Morgan fingerprint density at radius 2 is 1.58 bits per heavy atom. The molecule has 2 N–H and O–H groups in total. The van der Waals surface area contributed by atoms with Crippen molar-refractivity contribution in [1.82, 2.24) is 0 Å². The van der Waals surface area contributed by atoms with Gasteiger partial charge in [-0.05, 0) is 11.9 Å². The van der Waals surface area contributed by atoms with Gasteiger partial charge in [-0.3, -0.25) is 4.79 Å². The number of carbonyl (C=O) groups is 1. The van der Waals surface area contributed by atoms with Crippen LogP contribution in [0.2, 0.25) is 0 Å². The van der Waals surface area contributed by atoms with E-state index in [1.54, 1.807) is 24.3 Å². The summed E-state index contributed by atoms with van der Waals surface area (Å²) in [5.74, 6) is 0.134. The predicted molar refractivity (Wildman–Crippen MR) is 78.6 cm³/mol. The number of unbranched alkanes of at least 4 members (excludes halogenated alkanes) is 5. The molecule has 0 aromatic heterocycles. The first kappa shape index (κ1) is 15.9. The van der Waals surface area contributed by atoms with E-state index in [2.05, 4.69) is 6.92 Å². The lowest BCUT2D eigenvalue weighted by atomic mass is 9.80. The summed E-state index contributed by atoms with van der Waals surface area (Å²) in [6.07, 6.45) is 7.60. The molecule has 0 bridgehead atoms. The van der Waals surface area contributed by atoms with Crippen LogP contribution in [0.4, 0.5) is 0 Å².